The lowest BCUT2D eigenvalue weighted by atomic mass is 9.95. The van der Waals surface area contributed by atoms with Gasteiger partial charge in [-0.3, -0.25) is 0 Å². The molecule has 2 nitrogen and oxygen atoms in total. The lowest BCUT2D eigenvalue weighted by Crippen LogP contribution is -2.49. The molecule has 0 bridgehead atoms. The molecular formula is C15H30N2. The van der Waals surface area contributed by atoms with Crippen LogP contribution in [0.15, 0.2) is 0 Å². The second-order valence-corrected chi connectivity index (χ2v) is 6.64. The molecule has 2 atom stereocenters. The molecule has 0 amide bonds. The Morgan fingerprint density at radius 1 is 1.18 bits per heavy atom. The second-order valence-electron chi connectivity index (χ2n) is 6.64. The van der Waals surface area contributed by atoms with Crippen LogP contribution < -0.4 is 5.73 Å². The number of rotatable bonds is 5. The number of hydrogen-bond acceptors (Lipinski definition) is 2. The Labute approximate surface area is 107 Å². The van der Waals surface area contributed by atoms with Crippen molar-refractivity contribution in [2.45, 2.75) is 64.3 Å². The molecule has 100 valence electrons. The quantitative estimate of drug-likeness (QED) is 0.798. The number of hydrogen-bond donors (Lipinski definition) is 1. The normalized spacial score (nSPS) is 30.9. The molecule has 1 heterocycles. The van der Waals surface area contributed by atoms with E-state index in [4.69, 9.17) is 5.73 Å². The molecule has 2 N–H and O–H groups in total. The van der Waals surface area contributed by atoms with Crippen LogP contribution in [0, 0.1) is 11.8 Å². The lowest BCUT2D eigenvalue weighted by molar-refractivity contribution is 0.206. The molecule has 0 aromatic heterocycles. The Morgan fingerprint density at radius 2 is 1.94 bits per heavy atom. The van der Waals surface area contributed by atoms with Crippen molar-refractivity contribution in [3.63, 3.8) is 0 Å². The average Bonchev–Trinajstić information content (AvgIpc) is 3.06. The van der Waals surface area contributed by atoms with E-state index in [0.717, 1.165) is 18.4 Å². The van der Waals surface area contributed by atoms with Gasteiger partial charge in [-0.15, -0.1) is 0 Å². The number of nitrogens with two attached hydrogens (primary N) is 1. The van der Waals surface area contributed by atoms with Crippen LogP contribution in [0.5, 0.6) is 0 Å². The molecule has 1 aliphatic heterocycles. The molecule has 0 aromatic rings. The summed E-state index contributed by atoms with van der Waals surface area (Å²) < 4.78 is 0. The van der Waals surface area contributed by atoms with Gasteiger partial charge < -0.3 is 10.6 Å². The summed E-state index contributed by atoms with van der Waals surface area (Å²) in [5.74, 6) is 1.78. The van der Waals surface area contributed by atoms with Gasteiger partial charge in [0.25, 0.3) is 0 Å². The molecule has 1 aliphatic carbocycles. The van der Waals surface area contributed by atoms with Gasteiger partial charge in [0, 0.05) is 12.1 Å². The fraction of sp³-hybridized carbons (Fsp3) is 1.00. The van der Waals surface area contributed by atoms with Crippen molar-refractivity contribution in [3.05, 3.63) is 0 Å². The van der Waals surface area contributed by atoms with Gasteiger partial charge in [-0.05, 0) is 64.0 Å². The molecule has 0 aromatic carbocycles. The monoisotopic (exact) mass is 238 g/mol. The molecular weight excluding hydrogens is 208 g/mol. The first kappa shape index (κ1) is 13.4. The summed E-state index contributed by atoms with van der Waals surface area (Å²) in [5, 5.41) is 0. The third-order valence-corrected chi connectivity index (χ3v) is 4.71. The van der Waals surface area contributed by atoms with E-state index in [1.54, 1.807) is 0 Å². The summed E-state index contributed by atoms with van der Waals surface area (Å²) in [5.41, 5.74) is 6.53. The average molecular weight is 238 g/mol. The standard InChI is InChI=1S/C15H30N2/c1-3-5-13-6-4-10-17(11-9-13)12-15(2,16)14-7-8-14/h13-14H,3-12,16H2,1-2H3. The molecule has 2 heteroatoms. The minimum Gasteiger partial charge on any atom is -0.324 e. The third-order valence-electron chi connectivity index (χ3n) is 4.71. The lowest BCUT2D eigenvalue weighted by Gasteiger charge is -2.32. The maximum atomic E-state index is 6.46. The first-order valence-electron chi connectivity index (χ1n) is 7.63. The zero-order valence-corrected chi connectivity index (χ0v) is 11.8. The Morgan fingerprint density at radius 3 is 2.59 bits per heavy atom. The highest BCUT2D eigenvalue weighted by Crippen LogP contribution is 2.38. The van der Waals surface area contributed by atoms with Gasteiger partial charge in [0.1, 0.15) is 0 Å². The van der Waals surface area contributed by atoms with E-state index in [9.17, 15) is 0 Å². The summed E-state index contributed by atoms with van der Waals surface area (Å²) in [6, 6.07) is 0. The van der Waals surface area contributed by atoms with Gasteiger partial charge in [-0.1, -0.05) is 19.8 Å². The van der Waals surface area contributed by atoms with Gasteiger partial charge >= 0.3 is 0 Å². The van der Waals surface area contributed by atoms with Crippen molar-refractivity contribution in [1.82, 2.24) is 4.90 Å². The maximum absolute atomic E-state index is 6.46. The van der Waals surface area contributed by atoms with E-state index in [1.807, 2.05) is 0 Å². The minimum absolute atomic E-state index is 0.0740. The highest BCUT2D eigenvalue weighted by molar-refractivity contribution is 4.97. The van der Waals surface area contributed by atoms with Crippen LogP contribution in [0.25, 0.3) is 0 Å². The van der Waals surface area contributed by atoms with Crippen molar-refractivity contribution < 1.29 is 0 Å². The van der Waals surface area contributed by atoms with Crippen LogP contribution in [0.2, 0.25) is 0 Å². The van der Waals surface area contributed by atoms with Crippen LogP contribution in [0.4, 0.5) is 0 Å². The van der Waals surface area contributed by atoms with Crippen molar-refractivity contribution >= 4 is 0 Å². The number of nitrogens with zero attached hydrogens (tertiary/aromatic N) is 1. The van der Waals surface area contributed by atoms with E-state index >= 15 is 0 Å². The Bertz CT molecular complexity index is 233. The van der Waals surface area contributed by atoms with Crippen LogP contribution in [0.3, 0.4) is 0 Å². The summed E-state index contributed by atoms with van der Waals surface area (Å²) in [6.45, 7) is 8.26. The molecule has 0 spiro atoms. The van der Waals surface area contributed by atoms with E-state index < -0.39 is 0 Å². The van der Waals surface area contributed by atoms with Crippen molar-refractivity contribution in [1.29, 1.82) is 0 Å². The summed E-state index contributed by atoms with van der Waals surface area (Å²) in [4.78, 5) is 2.63. The summed E-state index contributed by atoms with van der Waals surface area (Å²) in [7, 11) is 0. The summed E-state index contributed by atoms with van der Waals surface area (Å²) >= 11 is 0. The molecule has 2 rings (SSSR count). The Hall–Kier alpha value is -0.0800. The smallest absolute Gasteiger partial charge is 0.0283 e. The van der Waals surface area contributed by atoms with Gasteiger partial charge in [0.2, 0.25) is 0 Å². The molecule has 2 fully saturated rings. The van der Waals surface area contributed by atoms with Crippen molar-refractivity contribution in [2.24, 2.45) is 17.6 Å². The highest BCUT2D eigenvalue weighted by atomic mass is 15.1. The van der Waals surface area contributed by atoms with Crippen LogP contribution >= 0.6 is 0 Å². The first-order valence-corrected chi connectivity index (χ1v) is 7.63. The fourth-order valence-corrected chi connectivity index (χ4v) is 3.43. The van der Waals surface area contributed by atoms with E-state index in [2.05, 4.69) is 18.7 Å². The van der Waals surface area contributed by atoms with Gasteiger partial charge in [-0.25, -0.2) is 0 Å². The molecule has 1 saturated heterocycles. The Balaban J connectivity index is 1.78. The third kappa shape index (κ3) is 3.96. The highest BCUT2D eigenvalue weighted by Gasteiger charge is 2.39. The van der Waals surface area contributed by atoms with Gasteiger partial charge in [0.05, 0.1) is 0 Å². The zero-order valence-electron chi connectivity index (χ0n) is 11.8. The Kier molecular flexibility index (Phi) is 4.48. The molecule has 1 saturated carbocycles. The molecule has 0 radical (unpaired) electrons. The van der Waals surface area contributed by atoms with Gasteiger partial charge in [-0.2, -0.15) is 0 Å². The first-order chi connectivity index (χ1) is 8.12. The van der Waals surface area contributed by atoms with E-state index in [1.165, 1.54) is 58.0 Å². The van der Waals surface area contributed by atoms with Crippen LogP contribution in [-0.4, -0.2) is 30.1 Å². The van der Waals surface area contributed by atoms with Crippen molar-refractivity contribution in [2.75, 3.05) is 19.6 Å². The second kappa shape index (κ2) is 5.71. The summed E-state index contributed by atoms with van der Waals surface area (Å²) in [6.07, 6.45) is 9.71. The maximum Gasteiger partial charge on any atom is 0.0283 e. The van der Waals surface area contributed by atoms with E-state index in [0.29, 0.717) is 0 Å². The topological polar surface area (TPSA) is 29.3 Å². The molecule has 17 heavy (non-hydrogen) atoms. The molecule has 2 aliphatic rings. The van der Waals surface area contributed by atoms with Crippen LogP contribution in [0.1, 0.15) is 58.8 Å². The largest absolute Gasteiger partial charge is 0.324 e. The SMILES string of the molecule is CCCC1CCCN(CC(C)(N)C2CC2)CC1. The predicted octanol–water partition coefficient (Wildman–Crippen LogP) is 3.02. The number of likely N-dealkylation sites (tertiary alicyclic amines) is 1. The van der Waals surface area contributed by atoms with Crippen LogP contribution in [-0.2, 0) is 0 Å². The fourth-order valence-electron chi connectivity index (χ4n) is 3.43. The van der Waals surface area contributed by atoms with Gasteiger partial charge in [0.15, 0.2) is 0 Å². The predicted molar refractivity (Wildman–Crippen MR) is 74.0 cm³/mol. The zero-order chi connectivity index (χ0) is 12.3. The molecule has 2 unspecified atom stereocenters. The van der Waals surface area contributed by atoms with E-state index in [-0.39, 0.29) is 5.54 Å². The van der Waals surface area contributed by atoms with Crippen molar-refractivity contribution in [3.8, 4) is 0 Å². The minimum atomic E-state index is 0.0740.